The highest BCUT2D eigenvalue weighted by atomic mass is 19.1. The molecule has 2 fully saturated rings. The Labute approximate surface area is 126 Å². The van der Waals surface area contributed by atoms with Crippen molar-refractivity contribution in [2.75, 3.05) is 0 Å². The molecular formula is C18H25FO2. The van der Waals surface area contributed by atoms with Crippen LogP contribution in [0.4, 0.5) is 4.39 Å². The summed E-state index contributed by atoms with van der Waals surface area (Å²) in [4.78, 5) is 0. The van der Waals surface area contributed by atoms with Crippen LogP contribution < -0.4 is 0 Å². The Morgan fingerprint density at radius 3 is 2.67 bits per heavy atom. The second-order valence-corrected chi connectivity index (χ2v) is 7.14. The normalized spacial score (nSPS) is 38.4. The molecule has 0 spiro atoms. The maximum Gasteiger partial charge on any atom is 0.128 e. The number of hydrogen-bond donors (Lipinski definition) is 0. The zero-order valence-electron chi connectivity index (χ0n) is 13.4. The number of benzene rings is 1. The predicted octanol–water partition coefficient (Wildman–Crippen LogP) is 4.32. The molecule has 4 atom stereocenters. The largest absolute Gasteiger partial charge is 0.370 e. The topological polar surface area (TPSA) is 18.5 Å². The molecule has 3 heteroatoms. The summed E-state index contributed by atoms with van der Waals surface area (Å²) in [6.07, 6.45) is 2.16. The smallest absolute Gasteiger partial charge is 0.128 e. The van der Waals surface area contributed by atoms with E-state index in [1.54, 1.807) is 12.1 Å². The Balaban J connectivity index is 1.76. The second-order valence-electron chi connectivity index (χ2n) is 7.14. The van der Waals surface area contributed by atoms with Crippen molar-refractivity contribution < 1.29 is 13.9 Å². The Morgan fingerprint density at radius 2 is 2.05 bits per heavy atom. The fourth-order valence-electron chi connectivity index (χ4n) is 4.33. The van der Waals surface area contributed by atoms with E-state index >= 15 is 0 Å². The number of halogens is 1. The maximum atomic E-state index is 13.7. The first-order valence-corrected chi connectivity index (χ1v) is 7.94. The van der Waals surface area contributed by atoms with Crippen LogP contribution in [0.25, 0.3) is 0 Å². The van der Waals surface area contributed by atoms with Gasteiger partial charge in [-0.25, -0.2) is 4.39 Å². The van der Waals surface area contributed by atoms with E-state index < -0.39 is 0 Å². The van der Waals surface area contributed by atoms with Crippen molar-refractivity contribution in [2.45, 2.75) is 64.4 Å². The van der Waals surface area contributed by atoms with Crippen LogP contribution in [0.3, 0.4) is 0 Å². The summed E-state index contributed by atoms with van der Waals surface area (Å²) in [5.41, 5.74) is 0.318. The number of fused-ring (bicyclic) bond motifs is 2. The van der Waals surface area contributed by atoms with E-state index in [9.17, 15) is 4.39 Å². The van der Waals surface area contributed by atoms with E-state index in [1.807, 2.05) is 6.07 Å². The molecule has 0 aliphatic carbocycles. The Bertz CT molecular complexity index is 530. The summed E-state index contributed by atoms with van der Waals surface area (Å²) in [5, 5.41) is 0. The number of rotatable bonds is 4. The van der Waals surface area contributed by atoms with Crippen LogP contribution in [0, 0.1) is 17.7 Å². The fourth-order valence-corrected chi connectivity index (χ4v) is 4.33. The van der Waals surface area contributed by atoms with Crippen LogP contribution in [0.5, 0.6) is 0 Å². The third-order valence-electron chi connectivity index (χ3n) is 5.62. The highest BCUT2D eigenvalue weighted by molar-refractivity contribution is 5.17. The molecule has 116 valence electrons. The molecule has 1 unspecified atom stereocenters. The van der Waals surface area contributed by atoms with Crippen molar-refractivity contribution in [3.8, 4) is 0 Å². The van der Waals surface area contributed by atoms with Crippen LogP contribution in [0.15, 0.2) is 24.3 Å². The highest BCUT2D eigenvalue weighted by Crippen LogP contribution is 2.58. The highest BCUT2D eigenvalue weighted by Gasteiger charge is 2.65. The van der Waals surface area contributed by atoms with Gasteiger partial charge < -0.3 is 9.47 Å². The van der Waals surface area contributed by atoms with Crippen LogP contribution in [-0.4, -0.2) is 17.3 Å². The van der Waals surface area contributed by atoms with E-state index in [4.69, 9.17) is 9.47 Å². The lowest BCUT2D eigenvalue weighted by Crippen LogP contribution is -2.46. The summed E-state index contributed by atoms with van der Waals surface area (Å²) in [6, 6.07) is 6.82. The molecular weight excluding hydrogens is 267 g/mol. The molecule has 0 saturated carbocycles. The van der Waals surface area contributed by atoms with Crippen LogP contribution >= 0.6 is 0 Å². The lowest BCUT2D eigenvalue weighted by atomic mass is 9.69. The monoisotopic (exact) mass is 292 g/mol. The molecule has 1 aromatic carbocycles. The van der Waals surface area contributed by atoms with Crippen molar-refractivity contribution in [1.29, 1.82) is 0 Å². The molecule has 0 radical (unpaired) electrons. The standard InChI is InChI=1S/C18H25FO2/c1-12(2)18-10-9-17(4,21-18)16(13(18)3)20-11-14-7-5-6-8-15(14)19/h5-8,12-13,16H,9-11H2,1-4H3/t13?,16-,17+,18+/m1/s1. The molecule has 2 aliphatic rings. The maximum absolute atomic E-state index is 13.7. The van der Waals surface area contributed by atoms with Gasteiger partial charge in [0, 0.05) is 11.5 Å². The van der Waals surface area contributed by atoms with Crippen molar-refractivity contribution in [3.63, 3.8) is 0 Å². The quantitative estimate of drug-likeness (QED) is 0.822. The van der Waals surface area contributed by atoms with E-state index in [0.29, 0.717) is 24.0 Å². The fraction of sp³-hybridized carbons (Fsp3) is 0.667. The molecule has 2 nitrogen and oxygen atoms in total. The lowest BCUT2D eigenvalue weighted by molar-refractivity contribution is -0.0963. The predicted molar refractivity (Wildman–Crippen MR) is 80.4 cm³/mol. The van der Waals surface area contributed by atoms with E-state index in [-0.39, 0.29) is 23.1 Å². The Kier molecular flexibility index (Phi) is 3.61. The minimum absolute atomic E-state index is 0.0354. The van der Waals surface area contributed by atoms with Crippen LogP contribution in [-0.2, 0) is 16.1 Å². The molecule has 2 heterocycles. The number of ether oxygens (including phenoxy) is 2. The van der Waals surface area contributed by atoms with Gasteiger partial charge in [-0.15, -0.1) is 0 Å². The summed E-state index contributed by atoms with van der Waals surface area (Å²) >= 11 is 0. The summed E-state index contributed by atoms with van der Waals surface area (Å²) in [6.45, 7) is 9.13. The zero-order valence-corrected chi connectivity index (χ0v) is 13.4. The minimum Gasteiger partial charge on any atom is -0.370 e. The van der Waals surface area contributed by atoms with Crippen molar-refractivity contribution >= 4 is 0 Å². The SMILES string of the molecule is CC(C)[C@]12CC[C@](C)(O1)[C@H](OCc1ccccc1F)C2C. The van der Waals surface area contributed by atoms with Crippen LogP contribution in [0.2, 0.25) is 0 Å². The van der Waals surface area contributed by atoms with E-state index in [1.165, 1.54) is 6.07 Å². The van der Waals surface area contributed by atoms with Gasteiger partial charge >= 0.3 is 0 Å². The van der Waals surface area contributed by atoms with Crippen molar-refractivity contribution in [2.24, 2.45) is 11.8 Å². The Morgan fingerprint density at radius 1 is 1.33 bits per heavy atom. The van der Waals surface area contributed by atoms with Crippen molar-refractivity contribution in [3.05, 3.63) is 35.6 Å². The average Bonchev–Trinajstić information content (AvgIpc) is 2.90. The van der Waals surface area contributed by atoms with Gasteiger partial charge in [-0.2, -0.15) is 0 Å². The van der Waals surface area contributed by atoms with Gasteiger partial charge in [-0.1, -0.05) is 39.0 Å². The summed E-state index contributed by atoms with van der Waals surface area (Å²) < 4.78 is 26.3. The molecule has 2 saturated heterocycles. The van der Waals surface area contributed by atoms with Gasteiger partial charge in [0.15, 0.2) is 0 Å². The molecule has 2 bridgehead atoms. The van der Waals surface area contributed by atoms with Gasteiger partial charge in [0.1, 0.15) is 5.82 Å². The minimum atomic E-state index is -0.227. The third-order valence-corrected chi connectivity index (χ3v) is 5.62. The first kappa shape index (κ1) is 15.0. The lowest BCUT2D eigenvalue weighted by Gasteiger charge is -2.38. The Hall–Kier alpha value is -0.930. The first-order chi connectivity index (χ1) is 9.89. The average molecular weight is 292 g/mol. The van der Waals surface area contributed by atoms with Gasteiger partial charge in [0.05, 0.1) is 23.9 Å². The van der Waals surface area contributed by atoms with Gasteiger partial charge in [-0.3, -0.25) is 0 Å². The van der Waals surface area contributed by atoms with Crippen molar-refractivity contribution in [1.82, 2.24) is 0 Å². The van der Waals surface area contributed by atoms with Crippen LogP contribution in [0.1, 0.15) is 46.1 Å². The van der Waals surface area contributed by atoms with Gasteiger partial charge in [0.2, 0.25) is 0 Å². The van der Waals surface area contributed by atoms with Gasteiger partial charge in [0.25, 0.3) is 0 Å². The molecule has 0 aromatic heterocycles. The molecule has 21 heavy (non-hydrogen) atoms. The summed E-state index contributed by atoms with van der Waals surface area (Å²) in [5.74, 6) is 0.609. The molecule has 2 aliphatic heterocycles. The molecule has 3 rings (SSSR count). The van der Waals surface area contributed by atoms with E-state index in [0.717, 1.165) is 12.8 Å². The molecule has 0 N–H and O–H groups in total. The molecule has 0 amide bonds. The third kappa shape index (κ3) is 2.22. The van der Waals surface area contributed by atoms with E-state index in [2.05, 4.69) is 27.7 Å². The van der Waals surface area contributed by atoms with Gasteiger partial charge in [-0.05, 0) is 31.7 Å². The second kappa shape index (κ2) is 5.06. The zero-order chi connectivity index (χ0) is 15.3. The molecule has 1 aromatic rings. The number of hydrogen-bond acceptors (Lipinski definition) is 2. The summed E-state index contributed by atoms with van der Waals surface area (Å²) in [7, 11) is 0. The first-order valence-electron chi connectivity index (χ1n) is 7.94.